The Kier molecular flexibility index (Phi) is 9.39. The second kappa shape index (κ2) is 8.48. The van der Waals surface area contributed by atoms with E-state index >= 15 is 0 Å². The maximum absolute atomic E-state index is 10.1. The van der Waals surface area contributed by atoms with Crippen LogP contribution < -0.4 is 0 Å². The van der Waals surface area contributed by atoms with E-state index in [0.29, 0.717) is 6.61 Å². The van der Waals surface area contributed by atoms with Crippen molar-refractivity contribution in [1.82, 2.24) is 0 Å². The van der Waals surface area contributed by atoms with Crippen LogP contribution in [0.2, 0.25) is 0 Å². The maximum Gasteiger partial charge on any atom is 0.503 e. The van der Waals surface area contributed by atoms with Crippen LogP contribution in [0.15, 0.2) is 12.7 Å². The van der Waals surface area contributed by atoms with Gasteiger partial charge in [0.05, 0.1) is 6.61 Å². The van der Waals surface area contributed by atoms with Crippen LogP contribution in [0.1, 0.15) is 6.92 Å². The number of esters is 1. The summed E-state index contributed by atoms with van der Waals surface area (Å²) in [6.07, 6.45) is -0.691. The Hall–Kier alpha value is -1.52. The Labute approximate surface area is 63.9 Å². The molecule has 64 valence electrons. The van der Waals surface area contributed by atoms with Crippen LogP contribution in [0.25, 0.3) is 0 Å². The molecule has 0 aromatic rings. The molecule has 0 amide bonds. The first-order valence-corrected chi connectivity index (χ1v) is 2.75. The molecule has 0 aromatic heterocycles. The van der Waals surface area contributed by atoms with Gasteiger partial charge in [0.15, 0.2) is 0 Å². The van der Waals surface area contributed by atoms with Gasteiger partial charge in [-0.25, -0.2) is 9.59 Å². The van der Waals surface area contributed by atoms with Gasteiger partial charge in [-0.1, -0.05) is 6.58 Å². The zero-order valence-electron chi connectivity index (χ0n) is 6.11. The Bertz CT molecular complexity index is 136. The molecule has 0 aliphatic rings. The van der Waals surface area contributed by atoms with E-state index in [4.69, 9.17) is 15.0 Å². The highest BCUT2D eigenvalue weighted by molar-refractivity contribution is 5.81. The Morgan fingerprint density at radius 3 is 2.00 bits per heavy atom. The fraction of sp³-hybridized carbons (Fsp3) is 0.333. The highest BCUT2D eigenvalue weighted by Crippen LogP contribution is 1.74. The van der Waals surface area contributed by atoms with Crippen LogP contribution in [0.5, 0.6) is 0 Å². The summed E-state index contributed by atoms with van der Waals surface area (Å²) < 4.78 is 4.43. The number of hydrogen-bond acceptors (Lipinski definition) is 3. The molecule has 0 spiro atoms. The molecule has 0 bridgehead atoms. The van der Waals surface area contributed by atoms with Crippen molar-refractivity contribution in [2.24, 2.45) is 0 Å². The minimum Gasteiger partial charge on any atom is -0.463 e. The van der Waals surface area contributed by atoms with Crippen molar-refractivity contribution in [3.63, 3.8) is 0 Å². The normalized spacial score (nSPS) is 7.00. The molecule has 0 radical (unpaired) electrons. The smallest absolute Gasteiger partial charge is 0.463 e. The second-order valence-electron chi connectivity index (χ2n) is 1.24. The summed E-state index contributed by atoms with van der Waals surface area (Å²) in [5.74, 6) is -0.359. The van der Waals surface area contributed by atoms with Gasteiger partial charge < -0.3 is 14.9 Å². The summed E-state index contributed by atoms with van der Waals surface area (Å²) in [6, 6.07) is 0. The zero-order chi connectivity index (χ0) is 9.28. The molecule has 5 heteroatoms. The van der Waals surface area contributed by atoms with Crippen molar-refractivity contribution in [3.8, 4) is 0 Å². The molecule has 2 N–H and O–H groups in total. The summed E-state index contributed by atoms with van der Waals surface area (Å²) in [5, 5.41) is 13.9. The van der Waals surface area contributed by atoms with Crippen LogP contribution in [-0.4, -0.2) is 28.9 Å². The lowest BCUT2D eigenvalue weighted by molar-refractivity contribution is -0.137. The van der Waals surface area contributed by atoms with Crippen molar-refractivity contribution in [2.45, 2.75) is 6.92 Å². The monoisotopic (exact) mass is 162 g/mol. The van der Waals surface area contributed by atoms with Gasteiger partial charge in [0.2, 0.25) is 0 Å². The molecule has 0 rings (SSSR count). The van der Waals surface area contributed by atoms with Gasteiger partial charge in [0, 0.05) is 6.08 Å². The van der Waals surface area contributed by atoms with E-state index in [2.05, 4.69) is 11.3 Å². The number of hydrogen-bond donors (Lipinski definition) is 2. The number of carbonyl (C=O) groups is 2. The van der Waals surface area contributed by atoms with Crippen molar-refractivity contribution in [3.05, 3.63) is 12.7 Å². The van der Waals surface area contributed by atoms with Crippen molar-refractivity contribution >= 4 is 12.1 Å². The predicted octanol–water partition coefficient (Wildman–Crippen LogP) is 0.958. The second-order valence-corrected chi connectivity index (χ2v) is 1.24. The maximum atomic E-state index is 10.1. The summed E-state index contributed by atoms with van der Waals surface area (Å²) in [6.45, 7) is 5.38. The first-order chi connectivity index (χ1) is 5.04. The lowest BCUT2D eigenvalue weighted by Crippen LogP contribution is -1.97. The molecule has 0 saturated carbocycles. The van der Waals surface area contributed by atoms with E-state index in [1.807, 2.05) is 0 Å². The van der Waals surface area contributed by atoms with Crippen LogP contribution in [-0.2, 0) is 9.53 Å². The molecule has 0 aromatic carbocycles. The fourth-order valence-electron chi connectivity index (χ4n) is 0.201. The first kappa shape index (κ1) is 12.2. The average molecular weight is 162 g/mol. The van der Waals surface area contributed by atoms with Crippen molar-refractivity contribution in [1.29, 1.82) is 0 Å². The summed E-state index contributed by atoms with van der Waals surface area (Å²) in [4.78, 5) is 18.6. The van der Waals surface area contributed by atoms with E-state index in [1.165, 1.54) is 0 Å². The van der Waals surface area contributed by atoms with Crippen LogP contribution >= 0.6 is 0 Å². The molecule has 0 unspecified atom stereocenters. The molecular weight excluding hydrogens is 152 g/mol. The third-order valence-electron chi connectivity index (χ3n) is 0.453. The van der Waals surface area contributed by atoms with Gasteiger partial charge in [-0.05, 0) is 6.92 Å². The van der Waals surface area contributed by atoms with Gasteiger partial charge in [-0.3, -0.25) is 0 Å². The van der Waals surface area contributed by atoms with E-state index in [9.17, 15) is 4.79 Å². The molecule has 0 aliphatic heterocycles. The predicted molar refractivity (Wildman–Crippen MR) is 37.5 cm³/mol. The van der Waals surface area contributed by atoms with Crippen molar-refractivity contribution in [2.75, 3.05) is 6.61 Å². The molecule has 5 nitrogen and oxygen atoms in total. The Morgan fingerprint density at radius 1 is 1.55 bits per heavy atom. The van der Waals surface area contributed by atoms with E-state index < -0.39 is 6.16 Å². The molecule has 0 aliphatic carbocycles. The minimum atomic E-state index is -1.83. The van der Waals surface area contributed by atoms with Crippen molar-refractivity contribution < 1.29 is 24.5 Å². The zero-order valence-corrected chi connectivity index (χ0v) is 6.11. The van der Waals surface area contributed by atoms with E-state index in [0.717, 1.165) is 6.08 Å². The largest absolute Gasteiger partial charge is 0.503 e. The lowest BCUT2D eigenvalue weighted by Gasteiger charge is -1.90. The quantitative estimate of drug-likeness (QED) is 0.466. The lowest BCUT2D eigenvalue weighted by atomic mass is 10.6. The highest BCUT2D eigenvalue weighted by Gasteiger charge is 1.86. The Balaban J connectivity index is 0. The fourth-order valence-corrected chi connectivity index (χ4v) is 0.201. The molecule has 0 heterocycles. The number of carbonyl (C=O) groups excluding carboxylic acids is 1. The first-order valence-electron chi connectivity index (χ1n) is 2.75. The van der Waals surface area contributed by atoms with Gasteiger partial charge in [0.1, 0.15) is 0 Å². The van der Waals surface area contributed by atoms with E-state index in [1.54, 1.807) is 6.92 Å². The summed E-state index contributed by atoms with van der Waals surface area (Å²) in [7, 11) is 0. The van der Waals surface area contributed by atoms with Gasteiger partial charge in [-0.2, -0.15) is 0 Å². The number of carboxylic acid groups (broad SMARTS) is 2. The molecule has 0 saturated heterocycles. The van der Waals surface area contributed by atoms with Gasteiger partial charge in [-0.15, -0.1) is 0 Å². The third-order valence-corrected chi connectivity index (χ3v) is 0.453. The highest BCUT2D eigenvalue weighted by atomic mass is 16.6. The summed E-state index contributed by atoms with van der Waals surface area (Å²) in [5.41, 5.74) is 0. The van der Waals surface area contributed by atoms with Crippen LogP contribution in [0.4, 0.5) is 4.79 Å². The summed E-state index contributed by atoms with van der Waals surface area (Å²) >= 11 is 0. The number of rotatable bonds is 2. The molecule has 11 heavy (non-hydrogen) atoms. The van der Waals surface area contributed by atoms with Gasteiger partial charge >= 0.3 is 12.1 Å². The number of ether oxygens (including phenoxy) is 1. The van der Waals surface area contributed by atoms with Crippen LogP contribution in [0, 0.1) is 0 Å². The standard InChI is InChI=1S/C5H8O2.CH2O3/c1-3-5(6)7-4-2;2-1(3)4/h3H,1,4H2,2H3;(H2,2,3,4). The van der Waals surface area contributed by atoms with Gasteiger partial charge in [0.25, 0.3) is 0 Å². The molecular formula is C6H10O5. The SMILES string of the molecule is C=CC(=O)OCC.O=C(O)O. The topological polar surface area (TPSA) is 83.8 Å². The van der Waals surface area contributed by atoms with E-state index in [-0.39, 0.29) is 5.97 Å². The minimum absolute atomic E-state index is 0.359. The third kappa shape index (κ3) is 29.4. The average Bonchev–Trinajstić information content (AvgIpc) is 1.87. The Morgan fingerprint density at radius 2 is 1.91 bits per heavy atom. The molecule has 0 fully saturated rings. The molecule has 0 atom stereocenters. The van der Waals surface area contributed by atoms with Crippen LogP contribution in [0.3, 0.4) is 0 Å².